The Hall–Kier alpha value is -1.04. The van der Waals surface area contributed by atoms with E-state index < -0.39 is 0 Å². The van der Waals surface area contributed by atoms with Gasteiger partial charge in [-0.2, -0.15) is 0 Å². The van der Waals surface area contributed by atoms with Crippen molar-refractivity contribution in [2.75, 3.05) is 6.54 Å². The number of halogens is 1. The predicted octanol–water partition coefficient (Wildman–Crippen LogP) is 3.08. The molecule has 2 rings (SSSR count). The molecule has 0 bridgehead atoms. The quantitative estimate of drug-likeness (QED) is 0.369. The molecule has 0 fully saturated rings. The third kappa shape index (κ3) is 5.63. The summed E-state index contributed by atoms with van der Waals surface area (Å²) in [6, 6.07) is 10.8. The Morgan fingerprint density at radius 1 is 1.21 bits per heavy atom. The summed E-state index contributed by atoms with van der Waals surface area (Å²) in [4.78, 5) is 4.61. The van der Waals surface area contributed by atoms with Crippen LogP contribution in [-0.2, 0) is 6.54 Å². The summed E-state index contributed by atoms with van der Waals surface area (Å²) < 4.78 is 0. The summed E-state index contributed by atoms with van der Waals surface area (Å²) in [5.74, 6) is 0.912. The molecule has 104 valence electrons. The summed E-state index contributed by atoms with van der Waals surface area (Å²) >= 11 is 0. The van der Waals surface area contributed by atoms with Gasteiger partial charge in [0.25, 0.3) is 0 Å². The molecule has 2 N–H and O–H groups in total. The maximum atomic E-state index is 4.61. The van der Waals surface area contributed by atoms with Gasteiger partial charge in [-0.3, -0.25) is 0 Å². The van der Waals surface area contributed by atoms with Crippen LogP contribution in [0.3, 0.4) is 0 Å². The first-order chi connectivity index (χ1) is 8.88. The van der Waals surface area contributed by atoms with Gasteiger partial charge in [0.15, 0.2) is 5.96 Å². The van der Waals surface area contributed by atoms with Crippen molar-refractivity contribution >= 4 is 29.9 Å². The van der Waals surface area contributed by atoms with Crippen LogP contribution in [-0.4, -0.2) is 18.5 Å². The number of aliphatic imine (C=N–C) groups is 1. The lowest BCUT2D eigenvalue weighted by Crippen LogP contribution is -2.42. The molecule has 4 heteroatoms. The Labute approximate surface area is 132 Å². The standard InChI is InChI=1S/C15H21N3.HI/c1-2-16-15(18-14-10-6-7-11-14)17-12-13-8-4-3-5-9-13;/h3-9,14H,2,10-12H2,1H3,(H2,16,17,18);1H. The average Bonchev–Trinajstić information content (AvgIpc) is 2.90. The third-order valence-corrected chi connectivity index (χ3v) is 2.96. The highest BCUT2D eigenvalue weighted by Gasteiger charge is 2.11. The Bertz CT molecular complexity index is 407. The van der Waals surface area contributed by atoms with E-state index >= 15 is 0 Å². The molecule has 0 heterocycles. The fraction of sp³-hybridized carbons (Fsp3) is 0.400. The zero-order valence-electron chi connectivity index (χ0n) is 11.3. The largest absolute Gasteiger partial charge is 0.357 e. The van der Waals surface area contributed by atoms with Gasteiger partial charge in [-0.1, -0.05) is 42.5 Å². The van der Waals surface area contributed by atoms with Gasteiger partial charge >= 0.3 is 0 Å². The minimum absolute atomic E-state index is 0. The molecule has 0 spiro atoms. The van der Waals surface area contributed by atoms with Crippen LogP contribution in [0.5, 0.6) is 0 Å². The van der Waals surface area contributed by atoms with Crippen LogP contribution in [0.15, 0.2) is 47.5 Å². The lowest BCUT2D eigenvalue weighted by molar-refractivity contribution is 0.633. The lowest BCUT2D eigenvalue weighted by Gasteiger charge is -2.16. The normalized spacial score (nSPS) is 15.1. The van der Waals surface area contributed by atoms with Gasteiger partial charge < -0.3 is 10.6 Å². The van der Waals surface area contributed by atoms with Gasteiger partial charge in [-0.25, -0.2) is 4.99 Å². The van der Waals surface area contributed by atoms with Gasteiger partial charge in [-0.05, 0) is 25.3 Å². The van der Waals surface area contributed by atoms with Crippen LogP contribution in [0.2, 0.25) is 0 Å². The minimum atomic E-state index is 0. The molecule has 19 heavy (non-hydrogen) atoms. The van der Waals surface area contributed by atoms with Crippen LogP contribution in [0, 0.1) is 0 Å². The summed E-state index contributed by atoms with van der Waals surface area (Å²) in [6.45, 7) is 3.70. The molecule has 1 aromatic carbocycles. The monoisotopic (exact) mass is 371 g/mol. The lowest BCUT2D eigenvalue weighted by atomic mass is 10.2. The molecular formula is C15H22IN3. The number of guanidine groups is 1. The first-order valence-corrected chi connectivity index (χ1v) is 6.62. The fourth-order valence-corrected chi connectivity index (χ4v) is 2.00. The summed E-state index contributed by atoms with van der Waals surface area (Å²) in [5.41, 5.74) is 1.24. The summed E-state index contributed by atoms with van der Waals surface area (Å²) in [6.07, 6.45) is 6.63. The van der Waals surface area contributed by atoms with E-state index in [1.807, 2.05) is 18.2 Å². The number of rotatable bonds is 4. The molecule has 1 aromatic rings. The van der Waals surface area contributed by atoms with Gasteiger partial charge in [0.05, 0.1) is 6.54 Å². The molecule has 0 radical (unpaired) electrons. The van der Waals surface area contributed by atoms with Crippen LogP contribution in [0.1, 0.15) is 25.3 Å². The second-order valence-corrected chi connectivity index (χ2v) is 4.46. The van der Waals surface area contributed by atoms with E-state index in [0.29, 0.717) is 6.04 Å². The smallest absolute Gasteiger partial charge is 0.191 e. The number of hydrogen-bond donors (Lipinski definition) is 2. The highest BCUT2D eigenvalue weighted by molar-refractivity contribution is 14.0. The molecule has 0 amide bonds. The molecule has 0 aromatic heterocycles. The second-order valence-electron chi connectivity index (χ2n) is 4.46. The first kappa shape index (κ1) is 16.0. The van der Waals surface area contributed by atoms with Gasteiger partial charge in [-0.15, -0.1) is 24.0 Å². The third-order valence-electron chi connectivity index (χ3n) is 2.96. The van der Waals surface area contributed by atoms with Crippen LogP contribution in [0.4, 0.5) is 0 Å². The average molecular weight is 371 g/mol. The van der Waals surface area contributed by atoms with Crippen LogP contribution >= 0.6 is 24.0 Å². The summed E-state index contributed by atoms with van der Waals surface area (Å²) in [5, 5.41) is 6.75. The second kappa shape index (κ2) is 8.96. The highest BCUT2D eigenvalue weighted by Crippen LogP contribution is 2.09. The molecule has 1 aliphatic rings. The minimum Gasteiger partial charge on any atom is -0.357 e. The van der Waals surface area contributed by atoms with Crippen molar-refractivity contribution in [3.8, 4) is 0 Å². The Morgan fingerprint density at radius 2 is 1.89 bits per heavy atom. The fourth-order valence-electron chi connectivity index (χ4n) is 2.00. The van der Waals surface area contributed by atoms with E-state index in [9.17, 15) is 0 Å². The Balaban J connectivity index is 0.00000180. The van der Waals surface area contributed by atoms with Crippen molar-refractivity contribution in [2.45, 2.75) is 32.4 Å². The molecule has 0 aliphatic heterocycles. The first-order valence-electron chi connectivity index (χ1n) is 6.62. The number of nitrogens with one attached hydrogen (secondary N) is 2. The van der Waals surface area contributed by atoms with Crippen molar-refractivity contribution in [1.29, 1.82) is 0 Å². The molecule has 1 aliphatic carbocycles. The van der Waals surface area contributed by atoms with Gasteiger partial charge in [0, 0.05) is 12.6 Å². The van der Waals surface area contributed by atoms with E-state index in [1.165, 1.54) is 5.56 Å². The Morgan fingerprint density at radius 3 is 2.53 bits per heavy atom. The number of nitrogens with zero attached hydrogens (tertiary/aromatic N) is 1. The molecule has 0 atom stereocenters. The van der Waals surface area contributed by atoms with Crippen molar-refractivity contribution in [3.05, 3.63) is 48.0 Å². The molecular weight excluding hydrogens is 349 g/mol. The number of hydrogen-bond acceptors (Lipinski definition) is 1. The Kier molecular flexibility index (Phi) is 7.55. The zero-order chi connectivity index (χ0) is 12.6. The van der Waals surface area contributed by atoms with Crippen molar-refractivity contribution < 1.29 is 0 Å². The molecule has 0 unspecified atom stereocenters. The highest BCUT2D eigenvalue weighted by atomic mass is 127. The van der Waals surface area contributed by atoms with Crippen LogP contribution in [0.25, 0.3) is 0 Å². The summed E-state index contributed by atoms with van der Waals surface area (Å²) in [7, 11) is 0. The maximum Gasteiger partial charge on any atom is 0.191 e. The van der Waals surface area contributed by atoms with Crippen molar-refractivity contribution in [1.82, 2.24) is 10.6 Å². The van der Waals surface area contributed by atoms with Gasteiger partial charge in [0.2, 0.25) is 0 Å². The van der Waals surface area contributed by atoms with E-state index in [4.69, 9.17) is 0 Å². The van der Waals surface area contributed by atoms with E-state index in [2.05, 4.69) is 46.8 Å². The van der Waals surface area contributed by atoms with Crippen molar-refractivity contribution in [3.63, 3.8) is 0 Å². The molecule has 0 saturated heterocycles. The number of benzene rings is 1. The zero-order valence-corrected chi connectivity index (χ0v) is 13.6. The molecule has 3 nitrogen and oxygen atoms in total. The van der Waals surface area contributed by atoms with Crippen LogP contribution < -0.4 is 10.6 Å². The topological polar surface area (TPSA) is 36.4 Å². The predicted molar refractivity (Wildman–Crippen MR) is 92.0 cm³/mol. The molecule has 0 saturated carbocycles. The van der Waals surface area contributed by atoms with E-state index in [-0.39, 0.29) is 24.0 Å². The van der Waals surface area contributed by atoms with E-state index in [0.717, 1.165) is 31.9 Å². The maximum absolute atomic E-state index is 4.61. The van der Waals surface area contributed by atoms with E-state index in [1.54, 1.807) is 0 Å². The SMILES string of the molecule is CCNC(=NCc1ccccc1)NC1CC=CC1.I. The van der Waals surface area contributed by atoms with Crippen molar-refractivity contribution in [2.24, 2.45) is 4.99 Å². The van der Waals surface area contributed by atoms with Gasteiger partial charge in [0.1, 0.15) is 0 Å².